The van der Waals surface area contributed by atoms with E-state index in [1.54, 1.807) is 5.38 Å². The molecule has 1 aromatic heterocycles. The molecule has 5 atom stereocenters. The van der Waals surface area contributed by atoms with Crippen LogP contribution in [-0.2, 0) is 25.5 Å². The van der Waals surface area contributed by atoms with Crippen molar-refractivity contribution >= 4 is 29.4 Å². The van der Waals surface area contributed by atoms with Gasteiger partial charge in [0.2, 0.25) is 5.91 Å². The quantitative estimate of drug-likeness (QED) is 0.215. The van der Waals surface area contributed by atoms with Crippen LogP contribution in [0.3, 0.4) is 0 Å². The van der Waals surface area contributed by atoms with Crippen molar-refractivity contribution in [1.29, 1.82) is 0 Å². The number of nitrogens with one attached hydrogen (secondary N) is 1. The van der Waals surface area contributed by atoms with Crippen molar-refractivity contribution in [3.8, 4) is 0 Å². The van der Waals surface area contributed by atoms with Gasteiger partial charge < -0.3 is 24.5 Å². The highest BCUT2D eigenvalue weighted by Gasteiger charge is 2.30. The number of amides is 2. The van der Waals surface area contributed by atoms with Crippen LogP contribution in [0.15, 0.2) is 35.7 Å². The summed E-state index contributed by atoms with van der Waals surface area (Å²) >= 11 is 1.39. The maximum absolute atomic E-state index is 13.3. The molecule has 42 heavy (non-hydrogen) atoms. The number of aldehydes is 1. The summed E-state index contributed by atoms with van der Waals surface area (Å²) in [5.74, 6) is -0.244. The summed E-state index contributed by atoms with van der Waals surface area (Å²) in [7, 11) is 1.84. The van der Waals surface area contributed by atoms with Gasteiger partial charge in [0.15, 0.2) is 0 Å². The number of hydrogen-bond donors (Lipinski definition) is 1. The van der Waals surface area contributed by atoms with Crippen molar-refractivity contribution in [2.24, 2.45) is 11.8 Å². The molecule has 5 unspecified atom stereocenters. The van der Waals surface area contributed by atoms with Gasteiger partial charge in [-0.1, -0.05) is 51.1 Å². The molecule has 0 saturated carbocycles. The second kappa shape index (κ2) is 16.9. The fourth-order valence-electron chi connectivity index (χ4n) is 5.15. The first kappa shape index (κ1) is 35.6. The van der Waals surface area contributed by atoms with E-state index in [0.29, 0.717) is 43.0 Å². The van der Waals surface area contributed by atoms with Crippen molar-refractivity contribution < 1.29 is 23.9 Å². The zero-order valence-electron chi connectivity index (χ0n) is 26.9. The third-order valence-electron chi connectivity index (χ3n) is 7.08. The Morgan fingerprint density at radius 3 is 2.33 bits per heavy atom. The zero-order chi connectivity index (χ0) is 31.4. The Kier molecular flexibility index (Phi) is 14.3. The van der Waals surface area contributed by atoms with Crippen molar-refractivity contribution in [3.05, 3.63) is 52.0 Å². The van der Waals surface area contributed by atoms with Crippen LogP contribution in [0.25, 0.3) is 0 Å². The molecular weight excluding hydrogens is 550 g/mol. The van der Waals surface area contributed by atoms with Gasteiger partial charge in [0.05, 0.1) is 18.1 Å². The first-order valence-electron chi connectivity index (χ1n) is 15.0. The second-order valence-corrected chi connectivity index (χ2v) is 13.4. The van der Waals surface area contributed by atoms with Gasteiger partial charge >= 0.3 is 0 Å². The van der Waals surface area contributed by atoms with Crippen molar-refractivity contribution in [2.75, 3.05) is 13.7 Å². The summed E-state index contributed by atoms with van der Waals surface area (Å²) in [5.41, 5.74) is 1.10. The Labute approximate surface area is 256 Å². The molecule has 234 valence electrons. The van der Waals surface area contributed by atoms with Crippen LogP contribution < -0.4 is 5.32 Å². The summed E-state index contributed by atoms with van der Waals surface area (Å²) in [6.07, 6.45) is 2.38. The molecule has 2 amide bonds. The maximum Gasteiger partial charge on any atom is 0.270 e. The Hall–Kier alpha value is -2.62. The smallest absolute Gasteiger partial charge is 0.270 e. The Bertz CT molecular complexity index is 1110. The van der Waals surface area contributed by atoms with Gasteiger partial charge in [-0.05, 0) is 58.9 Å². The van der Waals surface area contributed by atoms with Crippen LogP contribution in [0.4, 0.5) is 0 Å². The lowest BCUT2D eigenvalue weighted by Crippen LogP contribution is -2.43. The van der Waals surface area contributed by atoms with Crippen LogP contribution in [0.2, 0.25) is 0 Å². The Morgan fingerprint density at radius 2 is 1.76 bits per heavy atom. The lowest BCUT2D eigenvalue weighted by molar-refractivity contribution is -0.139. The fourth-order valence-corrected chi connectivity index (χ4v) is 6.01. The van der Waals surface area contributed by atoms with Crippen molar-refractivity contribution in [3.63, 3.8) is 0 Å². The van der Waals surface area contributed by atoms with E-state index >= 15 is 0 Å². The number of nitrogens with zero attached hydrogens (tertiary/aromatic N) is 2. The fraction of sp³-hybridized carbons (Fsp3) is 0.636. The van der Waals surface area contributed by atoms with E-state index in [1.165, 1.54) is 11.3 Å². The third-order valence-corrected chi connectivity index (χ3v) is 8.02. The number of benzene rings is 1. The highest BCUT2D eigenvalue weighted by atomic mass is 32.1. The molecule has 0 aliphatic heterocycles. The molecule has 0 spiro atoms. The molecule has 9 heteroatoms. The minimum Gasteiger partial charge on any atom is -0.372 e. The summed E-state index contributed by atoms with van der Waals surface area (Å²) in [6.45, 7) is 16.3. The lowest BCUT2D eigenvalue weighted by Gasteiger charge is -2.34. The molecule has 1 aromatic carbocycles. The molecule has 1 N–H and O–H groups in total. The lowest BCUT2D eigenvalue weighted by atomic mass is 9.96. The van der Waals surface area contributed by atoms with E-state index in [4.69, 9.17) is 9.47 Å². The van der Waals surface area contributed by atoms with Crippen LogP contribution >= 0.6 is 11.3 Å². The molecule has 2 rings (SSSR count). The van der Waals surface area contributed by atoms with Crippen molar-refractivity contribution in [2.45, 2.75) is 111 Å². The molecule has 1 heterocycles. The molecule has 0 aliphatic rings. The summed E-state index contributed by atoms with van der Waals surface area (Å²) in [4.78, 5) is 44.3. The predicted octanol–water partition coefficient (Wildman–Crippen LogP) is 6.25. The van der Waals surface area contributed by atoms with E-state index < -0.39 is 0 Å². The molecular formula is C33H51N3O5S. The molecule has 2 aromatic rings. The number of carbonyl (C=O) groups is 3. The van der Waals surface area contributed by atoms with Crippen LogP contribution in [0.1, 0.15) is 102 Å². The number of hydrogen-bond acceptors (Lipinski definition) is 7. The minimum absolute atomic E-state index is 0.0221. The predicted molar refractivity (Wildman–Crippen MR) is 169 cm³/mol. The van der Waals surface area contributed by atoms with Gasteiger partial charge in [0, 0.05) is 43.5 Å². The van der Waals surface area contributed by atoms with Crippen molar-refractivity contribution in [1.82, 2.24) is 15.2 Å². The number of aromatic nitrogens is 1. The molecule has 0 saturated heterocycles. The molecule has 0 radical (unpaired) electrons. The summed E-state index contributed by atoms with van der Waals surface area (Å²) < 4.78 is 12.1. The van der Waals surface area contributed by atoms with Gasteiger partial charge in [0.1, 0.15) is 23.1 Å². The monoisotopic (exact) mass is 601 g/mol. The number of ether oxygens (including phenoxy) is 2. The largest absolute Gasteiger partial charge is 0.372 e. The van der Waals surface area contributed by atoms with E-state index in [1.807, 2.05) is 83.8 Å². The zero-order valence-corrected chi connectivity index (χ0v) is 27.7. The average Bonchev–Trinajstić information content (AvgIpc) is 3.40. The van der Waals surface area contributed by atoms with Crippen LogP contribution in [-0.4, -0.2) is 65.4 Å². The number of rotatable bonds is 17. The first-order valence-corrected chi connectivity index (χ1v) is 15.9. The SMILES string of the molecule is CCOC(CC(C(C)C)N(C)C(=O)CC(C)OC(C)(C)C)c1nc(C(=O)NC(Cc2ccccc2)CC(C)C=O)cs1. The van der Waals surface area contributed by atoms with Crippen LogP contribution in [0, 0.1) is 11.8 Å². The average molecular weight is 602 g/mol. The molecule has 0 fully saturated rings. The topological polar surface area (TPSA) is 97.8 Å². The van der Waals surface area contributed by atoms with E-state index in [9.17, 15) is 14.4 Å². The Balaban J connectivity index is 2.16. The molecule has 0 bridgehead atoms. The van der Waals surface area contributed by atoms with Gasteiger partial charge in [-0.2, -0.15) is 0 Å². The first-order chi connectivity index (χ1) is 19.7. The highest BCUT2D eigenvalue weighted by Crippen LogP contribution is 2.30. The molecule has 0 aliphatic carbocycles. The van der Waals surface area contributed by atoms with Gasteiger partial charge in [-0.3, -0.25) is 9.59 Å². The van der Waals surface area contributed by atoms with E-state index in [-0.39, 0.29) is 53.5 Å². The van der Waals surface area contributed by atoms with Crippen LogP contribution in [0.5, 0.6) is 0 Å². The third kappa shape index (κ3) is 11.9. The summed E-state index contributed by atoms with van der Waals surface area (Å²) in [5, 5.41) is 5.56. The van der Waals surface area contributed by atoms with E-state index in [2.05, 4.69) is 24.1 Å². The number of carbonyl (C=O) groups excluding carboxylic acids is 3. The van der Waals surface area contributed by atoms with Gasteiger partial charge in [-0.25, -0.2) is 4.98 Å². The second-order valence-electron chi connectivity index (χ2n) is 12.5. The minimum atomic E-state index is -0.359. The van der Waals surface area contributed by atoms with E-state index in [0.717, 1.165) is 11.8 Å². The standard InChI is InChI=1S/C33H51N3O5S/c1-10-40-29(19-28(22(2)3)36(9)30(38)17-24(5)41-33(6,7)8)32-35-27(21-42-32)31(39)34-26(16-23(4)20-37)18-25-14-12-11-13-15-25/h11-15,20-24,26,28-29H,10,16-19H2,1-9H3,(H,34,39). The number of thiazole rings is 1. The Morgan fingerprint density at radius 1 is 1.10 bits per heavy atom. The van der Waals surface area contributed by atoms with Gasteiger partial charge in [0.25, 0.3) is 5.91 Å². The highest BCUT2D eigenvalue weighted by molar-refractivity contribution is 7.09. The van der Waals surface area contributed by atoms with Gasteiger partial charge in [-0.15, -0.1) is 11.3 Å². The normalized spacial score (nSPS) is 15.5. The molecule has 8 nitrogen and oxygen atoms in total. The summed E-state index contributed by atoms with van der Waals surface area (Å²) in [6, 6.07) is 9.63. The maximum atomic E-state index is 13.3.